The van der Waals surface area contributed by atoms with Crippen LogP contribution < -0.4 is 10.2 Å². The van der Waals surface area contributed by atoms with E-state index in [0.717, 1.165) is 37.8 Å². The van der Waals surface area contributed by atoms with Crippen molar-refractivity contribution < 1.29 is 27.4 Å². The normalized spacial score (nSPS) is 19.2. The zero-order valence-corrected chi connectivity index (χ0v) is 22.1. The second-order valence-electron chi connectivity index (χ2n) is 9.58. The van der Waals surface area contributed by atoms with Gasteiger partial charge in [0, 0.05) is 37.4 Å². The van der Waals surface area contributed by atoms with Crippen LogP contribution >= 0.6 is 11.5 Å². The van der Waals surface area contributed by atoms with Crippen molar-refractivity contribution in [3.63, 3.8) is 0 Å². The van der Waals surface area contributed by atoms with Gasteiger partial charge in [-0.2, -0.15) is 22.5 Å². The average Bonchev–Trinajstić information content (AvgIpc) is 3.32. The fourth-order valence-corrected chi connectivity index (χ4v) is 5.01. The first-order valence-corrected chi connectivity index (χ1v) is 12.8. The third kappa shape index (κ3) is 7.28. The molecule has 1 atom stereocenters. The molecule has 2 aromatic rings. The molecule has 0 spiro atoms. The minimum atomic E-state index is -4.63. The number of ether oxygens (including phenoxy) is 2. The summed E-state index contributed by atoms with van der Waals surface area (Å²) in [4.78, 5) is 22.5. The van der Waals surface area contributed by atoms with Crippen molar-refractivity contribution in [2.75, 3.05) is 31.0 Å². The predicted octanol–water partition coefficient (Wildman–Crippen LogP) is 5.78. The molecule has 1 unspecified atom stereocenters. The van der Waals surface area contributed by atoms with Gasteiger partial charge in [-0.25, -0.2) is 4.98 Å². The summed E-state index contributed by atoms with van der Waals surface area (Å²) in [6.07, 6.45) is 1.19. The maximum atomic E-state index is 13.1. The highest BCUT2D eigenvalue weighted by Gasteiger charge is 2.36. The van der Waals surface area contributed by atoms with Crippen molar-refractivity contribution in [3.05, 3.63) is 23.7 Å². The highest BCUT2D eigenvalue weighted by atomic mass is 32.1. The summed E-state index contributed by atoms with van der Waals surface area (Å²) < 4.78 is 53.1. The molecule has 8 nitrogen and oxygen atoms in total. The number of alkyl halides is 3. The molecular weight excluding hydrogens is 495 g/mol. The lowest BCUT2D eigenvalue weighted by Gasteiger charge is -2.39. The Bertz CT molecular complexity index is 1010. The molecule has 0 aromatic carbocycles. The smallest absolute Gasteiger partial charge is 0.452 e. The van der Waals surface area contributed by atoms with Gasteiger partial charge in [-0.15, -0.1) is 0 Å². The molecule has 1 aliphatic rings. The number of aromatic nitrogens is 3. The molecule has 2 aromatic heterocycles. The van der Waals surface area contributed by atoms with E-state index in [4.69, 9.17) is 14.5 Å². The van der Waals surface area contributed by atoms with Gasteiger partial charge in [0.25, 0.3) is 0 Å². The van der Waals surface area contributed by atoms with Crippen LogP contribution in [0.2, 0.25) is 0 Å². The number of rotatable bonds is 10. The highest BCUT2D eigenvalue weighted by molar-refractivity contribution is 7.09. The number of nitrogens with one attached hydrogen (secondary N) is 1. The molecule has 0 radical (unpaired) electrons. The van der Waals surface area contributed by atoms with E-state index in [0.29, 0.717) is 29.0 Å². The predicted molar refractivity (Wildman–Crippen MR) is 133 cm³/mol. The van der Waals surface area contributed by atoms with Gasteiger partial charge in [-0.1, -0.05) is 20.8 Å². The Kier molecular flexibility index (Phi) is 9.51. The lowest BCUT2D eigenvalue weighted by atomic mass is 9.91. The molecule has 0 amide bonds. The van der Waals surface area contributed by atoms with E-state index in [1.807, 2.05) is 13.0 Å². The molecule has 3 rings (SSSR count). The summed E-state index contributed by atoms with van der Waals surface area (Å²) in [5, 5.41) is 3.06. The lowest BCUT2D eigenvalue weighted by Crippen LogP contribution is -2.42. The monoisotopic (exact) mass is 529 g/mol. The van der Waals surface area contributed by atoms with Gasteiger partial charge in [0.15, 0.2) is 5.82 Å². The van der Waals surface area contributed by atoms with Gasteiger partial charge < -0.3 is 19.7 Å². The van der Waals surface area contributed by atoms with Crippen LogP contribution in [-0.2, 0) is 20.4 Å². The molecule has 0 aliphatic heterocycles. The second-order valence-corrected chi connectivity index (χ2v) is 10.3. The first kappa shape index (κ1) is 28.1. The van der Waals surface area contributed by atoms with Crippen molar-refractivity contribution in [2.45, 2.75) is 77.1 Å². The Labute approximate surface area is 213 Å². The van der Waals surface area contributed by atoms with Crippen LogP contribution in [-0.4, -0.2) is 53.2 Å². The minimum absolute atomic E-state index is 0.0238. The molecule has 2 heterocycles. The molecule has 200 valence electrons. The number of nitrogens with zero attached hydrogens (tertiary/aromatic N) is 4. The number of halogens is 3. The highest BCUT2D eigenvalue weighted by Crippen LogP contribution is 2.37. The van der Waals surface area contributed by atoms with Gasteiger partial charge in [0.05, 0.1) is 25.3 Å². The number of pyridine rings is 1. The first-order valence-electron chi connectivity index (χ1n) is 12.1. The van der Waals surface area contributed by atoms with Crippen molar-refractivity contribution in [1.29, 1.82) is 0 Å². The van der Waals surface area contributed by atoms with Crippen molar-refractivity contribution >= 4 is 34.1 Å². The SMILES string of the molecule is COC(=O)CC(C)c1cnc(N(CC(C)C)C2CCC(OC)CC2)c(Nc2nc(C(F)(F)F)ns2)c1. The van der Waals surface area contributed by atoms with Crippen LogP contribution in [0.5, 0.6) is 0 Å². The van der Waals surface area contributed by atoms with Crippen molar-refractivity contribution in [2.24, 2.45) is 5.92 Å². The Balaban J connectivity index is 1.99. The van der Waals surface area contributed by atoms with E-state index < -0.39 is 12.0 Å². The summed E-state index contributed by atoms with van der Waals surface area (Å²) in [7, 11) is 3.06. The van der Waals surface area contributed by atoms with Crippen LogP contribution in [0.4, 0.5) is 29.8 Å². The quantitative estimate of drug-likeness (QED) is 0.388. The number of esters is 1. The summed E-state index contributed by atoms with van der Waals surface area (Å²) in [5.74, 6) is -0.762. The average molecular weight is 530 g/mol. The van der Waals surface area contributed by atoms with E-state index in [1.54, 1.807) is 13.3 Å². The third-order valence-electron chi connectivity index (χ3n) is 6.33. The summed E-state index contributed by atoms with van der Waals surface area (Å²) in [5.41, 5.74) is 1.29. The van der Waals surface area contributed by atoms with E-state index in [2.05, 4.69) is 33.4 Å². The Morgan fingerprint density at radius 1 is 1.22 bits per heavy atom. The van der Waals surface area contributed by atoms with Gasteiger partial charge in [-0.05, 0) is 49.1 Å². The fourth-order valence-electron chi connectivity index (χ4n) is 4.41. The van der Waals surface area contributed by atoms with Crippen LogP contribution in [0.15, 0.2) is 12.3 Å². The van der Waals surface area contributed by atoms with Crippen molar-refractivity contribution in [1.82, 2.24) is 14.3 Å². The molecule has 36 heavy (non-hydrogen) atoms. The van der Waals surface area contributed by atoms with E-state index in [1.165, 1.54) is 7.11 Å². The molecule has 0 saturated heterocycles. The molecule has 12 heteroatoms. The van der Waals surface area contributed by atoms with E-state index >= 15 is 0 Å². The number of hydrogen-bond acceptors (Lipinski definition) is 9. The number of anilines is 3. The first-order chi connectivity index (χ1) is 17.0. The largest absolute Gasteiger partial charge is 0.469 e. The van der Waals surface area contributed by atoms with Gasteiger partial charge in [-0.3, -0.25) is 4.79 Å². The van der Waals surface area contributed by atoms with Crippen LogP contribution in [0, 0.1) is 5.92 Å². The van der Waals surface area contributed by atoms with Crippen molar-refractivity contribution in [3.8, 4) is 0 Å². The summed E-state index contributed by atoms with van der Waals surface area (Å²) in [6.45, 7) is 6.84. The van der Waals surface area contributed by atoms with Crippen LogP contribution in [0.25, 0.3) is 0 Å². The van der Waals surface area contributed by atoms with Crippen LogP contribution in [0.1, 0.15) is 70.2 Å². The Morgan fingerprint density at radius 2 is 1.92 bits per heavy atom. The number of carbonyl (C=O) groups is 1. The minimum Gasteiger partial charge on any atom is -0.469 e. The van der Waals surface area contributed by atoms with Gasteiger partial charge >= 0.3 is 12.1 Å². The summed E-state index contributed by atoms with van der Waals surface area (Å²) >= 11 is 0.644. The molecule has 0 bridgehead atoms. The maximum Gasteiger partial charge on any atom is 0.452 e. The number of methoxy groups -OCH3 is 2. The molecule has 1 saturated carbocycles. The Morgan fingerprint density at radius 3 is 2.47 bits per heavy atom. The maximum absolute atomic E-state index is 13.1. The van der Waals surface area contributed by atoms with E-state index in [9.17, 15) is 18.0 Å². The molecular formula is C24H34F3N5O3S. The topological polar surface area (TPSA) is 89.5 Å². The lowest BCUT2D eigenvalue weighted by molar-refractivity contribution is -0.144. The molecule has 1 N–H and O–H groups in total. The molecule has 1 aliphatic carbocycles. The van der Waals surface area contributed by atoms with Gasteiger partial charge in [0.1, 0.15) is 0 Å². The number of carbonyl (C=O) groups excluding carboxylic acids is 1. The second kappa shape index (κ2) is 12.2. The third-order valence-corrected chi connectivity index (χ3v) is 6.96. The van der Waals surface area contributed by atoms with Crippen LogP contribution in [0.3, 0.4) is 0 Å². The fraction of sp³-hybridized carbons (Fsp3) is 0.667. The van der Waals surface area contributed by atoms with E-state index in [-0.39, 0.29) is 35.6 Å². The zero-order chi connectivity index (χ0) is 26.5. The van der Waals surface area contributed by atoms with Gasteiger partial charge in [0.2, 0.25) is 11.0 Å². The number of hydrogen-bond donors (Lipinski definition) is 1. The summed E-state index contributed by atoms with van der Waals surface area (Å²) in [6, 6.07) is 2.05. The molecule has 1 fully saturated rings. The standard InChI is InChI=1S/C24H34F3N5O3S/c1-14(2)13-32(17-6-8-18(34-4)9-7-17)21-19(29-23-30-22(31-36-23)24(25,26)27)11-16(12-28-21)15(3)10-20(33)35-5/h11-12,14-15,17-18H,6-10,13H2,1-5H3,(H,29,30,31). The zero-order valence-electron chi connectivity index (χ0n) is 21.3. The Hall–Kier alpha value is -2.47.